The van der Waals surface area contributed by atoms with E-state index in [4.69, 9.17) is 0 Å². The van der Waals surface area contributed by atoms with Gasteiger partial charge in [-0.3, -0.25) is 14.4 Å². The molecule has 1 aliphatic rings. The standard InChI is InChI=1S/C20H19N3O3S/c1-2-23-16-8-7-12(11-15(16)22-19(25)20(23)26)18(24)21-14-9-10-27-17-6-4-3-5-13(14)17/h3-8,11,14H,2,9-10H2,1H3,(H,21,24)(H,22,25). The topological polar surface area (TPSA) is 84.0 Å². The van der Waals surface area contributed by atoms with E-state index in [0.717, 1.165) is 17.7 Å². The maximum absolute atomic E-state index is 12.8. The number of fused-ring (bicyclic) bond motifs is 2. The molecule has 1 amide bonds. The number of rotatable bonds is 3. The van der Waals surface area contributed by atoms with Crippen LogP contribution in [-0.4, -0.2) is 21.2 Å². The summed E-state index contributed by atoms with van der Waals surface area (Å²) in [5.41, 5.74) is 1.41. The van der Waals surface area contributed by atoms with E-state index in [0.29, 0.717) is 23.1 Å². The van der Waals surface area contributed by atoms with E-state index in [9.17, 15) is 14.4 Å². The van der Waals surface area contributed by atoms with Gasteiger partial charge in [-0.25, -0.2) is 0 Å². The van der Waals surface area contributed by atoms with Crippen molar-refractivity contribution in [3.63, 3.8) is 0 Å². The fourth-order valence-corrected chi connectivity index (χ4v) is 4.59. The molecule has 0 saturated heterocycles. The molecule has 0 saturated carbocycles. The van der Waals surface area contributed by atoms with Crippen molar-refractivity contribution in [2.45, 2.75) is 30.8 Å². The van der Waals surface area contributed by atoms with Crippen LogP contribution >= 0.6 is 11.8 Å². The van der Waals surface area contributed by atoms with Crippen molar-refractivity contribution in [2.75, 3.05) is 5.75 Å². The van der Waals surface area contributed by atoms with E-state index in [1.54, 1.807) is 36.9 Å². The summed E-state index contributed by atoms with van der Waals surface area (Å²) in [6.45, 7) is 2.20. The first-order valence-corrected chi connectivity index (χ1v) is 9.86. The number of hydrogen-bond donors (Lipinski definition) is 2. The Labute approximate surface area is 159 Å². The highest BCUT2D eigenvalue weighted by molar-refractivity contribution is 7.99. The summed E-state index contributed by atoms with van der Waals surface area (Å²) in [4.78, 5) is 40.4. The van der Waals surface area contributed by atoms with E-state index in [-0.39, 0.29) is 11.9 Å². The van der Waals surface area contributed by atoms with Crippen molar-refractivity contribution in [1.29, 1.82) is 0 Å². The average molecular weight is 381 g/mol. The lowest BCUT2D eigenvalue weighted by atomic mass is 10.0. The fourth-order valence-electron chi connectivity index (χ4n) is 3.47. The Bertz CT molecular complexity index is 1150. The van der Waals surface area contributed by atoms with Crippen molar-refractivity contribution >= 4 is 28.7 Å². The van der Waals surface area contributed by atoms with Gasteiger partial charge >= 0.3 is 11.1 Å². The molecule has 2 N–H and O–H groups in total. The monoisotopic (exact) mass is 381 g/mol. The summed E-state index contributed by atoms with van der Waals surface area (Å²) in [7, 11) is 0. The molecule has 2 aromatic carbocycles. The van der Waals surface area contributed by atoms with Crippen LogP contribution in [0, 0.1) is 0 Å². The predicted octanol–water partition coefficient (Wildman–Crippen LogP) is 2.68. The molecule has 7 heteroatoms. The minimum absolute atomic E-state index is 0.0331. The first kappa shape index (κ1) is 17.6. The summed E-state index contributed by atoms with van der Waals surface area (Å²) in [5, 5.41) is 3.10. The van der Waals surface area contributed by atoms with E-state index >= 15 is 0 Å². The van der Waals surface area contributed by atoms with E-state index in [2.05, 4.69) is 16.4 Å². The van der Waals surface area contributed by atoms with Gasteiger partial charge in [-0.1, -0.05) is 18.2 Å². The molecule has 1 atom stereocenters. The Morgan fingerprint density at radius 1 is 1.26 bits per heavy atom. The maximum Gasteiger partial charge on any atom is 0.316 e. The van der Waals surface area contributed by atoms with Gasteiger partial charge in [-0.2, -0.15) is 0 Å². The third kappa shape index (κ3) is 3.19. The molecule has 0 radical (unpaired) electrons. The minimum Gasteiger partial charge on any atom is -0.345 e. The lowest BCUT2D eigenvalue weighted by molar-refractivity contribution is 0.0935. The van der Waals surface area contributed by atoms with Crippen LogP contribution in [0.3, 0.4) is 0 Å². The van der Waals surface area contributed by atoms with Gasteiger partial charge in [0.15, 0.2) is 0 Å². The number of aryl methyl sites for hydroxylation is 1. The van der Waals surface area contributed by atoms with Crippen LogP contribution in [0.15, 0.2) is 56.9 Å². The number of carbonyl (C=O) groups is 1. The van der Waals surface area contributed by atoms with Gasteiger partial charge in [-0.05, 0) is 43.2 Å². The number of nitrogens with zero attached hydrogens (tertiary/aromatic N) is 1. The van der Waals surface area contributed by atoms with Crippen LogP contribution in [0.2, 0.25) is 0 Å². The van der Waals surface area contributed by atoms with E-state index in [1.165, 1.54) is 9.46 Å². The number of thioether (sulfide) groups is 1. The second-order valence-electron chi connectivity index (χ2n) is 6.44. The zero-order chi connectivity index (χ0) is 19.0. The zero-order valence-corrected chi connectivity index (χ0v) is 15.6. The molecule has 4 rings (SSSR count). The average Bonchev–Trinajstić information content (AvgIpc) is 2.69. The van der Waals surface area contributed by atoms with Gasteiger partial charge < -0.3 is 14.9 Å². The summed E-state index contributed by atoms with van der Waals surface area (Å²) >= 11 is 1.80. The largest absolute Gasteiger partial charge is 0.345 e. The van der Waals surface area contributed by atoms with Crippen molar-refractivity contribution in [3.05, 3.63) is 74.3 Å². The number of amides is 1. The summed E-state index contributed by atoms with van der Waals surface area (Å²) in [5.74, 6) is 0.758. The van der Waals surface area contributed by atoms with Gasteiger partial charge in [0.2, 0.25) is 0 Å². The van der Waals surface area contributed by atoms with Crippen LogP contribution in [0.4, 0.5) is 0 Å². The number of H-pyrrole nitrogens is 1. The SMILES string of the molecule is CCn1c(=O)c(=O)[nH]c2cc(C(=O)NC3CCSc4ccccc43)ccc21. The highest BCUT2D eigenvalue weighted by atomic mass is 32.2. The van der Waals surface area contributed by atoms with Gasteiger partial charge in [0.25, 0.3) is 5.91 Å². The minimum atomic E-state index is -0.680. The lowest BCUT2D eigenvalue weighted by Crippen LogP contribution is -2.36. The van der Waals surface area contributed by atoms with Crippen molar-refractivity contribution in [1.82, 2.24) is 14.9 Å². The van der Waals surface area contributed by atoms with Crippen LogP contribution in [-0.2, 0) is 6.54 Å². The molecule has 27 heavy (non-hydrogen) atoms. The first-order chi connectivity index (χ1) is 13.1. The molecule has 1 aromatic heterocycles. The molecule has 138 valence electrons. The second-order valence-corrected chi connectivity index (χ2v) is 7.57. The van der Waals surface area contributed by atoms with Gasteiger partial charge in [-0.15, -0.1) is 11.8 Å². The lowest BCUT2D eigenvalue weighted by Gasteiger charge is -2.26. The molecular weight excluding hydrogens is 362 g/mol. The number of aromatic amines is 1. The smallest absolute Gasteiger partial charge is 0.316 e. The predicted molar refractivity (Wildman–Crippen MR) is 106 cm³/mol. The molecular formula is C20H19N3O3S. The third-order valence-electron chi connectivity index (χ3n) is 4.82. The molecule has 0 aliphatic carbocycles. The molecule has 2 heterocycles. The third-order valence-corrected chi connectivity index (χ3v) is 5.94. The van der Waals surface area contributed by atoms with Crippen molar-refractivity contribution < 1.29 is 4.79 Å². The molecule has 3 aromatic rings. The Hall–Kier alpha value is -2.80. The van der Waals surface area contributed by atoms with Crippen LogP contribution < -0.4 is 16.4 Å². The van der Waals surface area contributed by atoms with Crippen LogP contribution in [0.5, 0.6) is 0 Å². The molecule has 1 aliphatic heterocycles. The van der Waals surface area contributed by atoms with Gasteiger partial charge in [0.05, 0.1) is 17.1 Å². The second kappa shape index (κ2) is 7.08. The van der Waals surface area contributed by atoms with Crippen molar-refractivity contribution in [2.24, 2.45) is 0 Å². The number of aromatic nitrogens is 2. The summed E-state index contributed by atoms with van der Waals surface area (Å²) in [6.07, 6.45) is 0.868. The van der Waals surface area contributed by atoms with Crippen molar-refractivity contribution in [3.8, 4) is 0 Å². The number of nitrogens with one attached hydrogen (secondary N) is 2. The fraction of sp³-hybridized carbons (Fsp3) is 0.250. The first-order valence-electron chi connectivity index (χ1n) is 8.88. The number of hydrogen-bond acceptors (Lipinski definition) is 4. The highest BCUT2D eigenvalue weighted by Crippen LogP contribution is 2.35. The van der Waals surface area contributed by atoms with Gasteiger partial charge in [0, 0.05) is 22.8 Å². The van der Waals surface area contributed by atoms with Gasteiger partial charge in [0.1, 0.15) is 0 Å². The Morgan fingerprint density at radius 2 is 2.07 bits per heavy atom. The van der Waals surface area contributed by atoms with E-state index < -0.39 is 11.1 Å². The maximum atomic E-state index is 12.8. The molecule has 0 bridgehead atoms. The zero-order valence-electron chi connectivity index (χ0n) is 14.8. The molecule has 0 fully saturated rings. The Kier molecular flexibility index (Phi) is 4.61. The highest BCUT2D eigenvalue weighted by Gasteiger charge is 2.22. The van der Waals surface area contributed by atoms with E-state index in [1.807, 2.05) is 18.2 Å². The quantitative estimate of drug-likeness (QED) is 0.683. The Morgan fingerprint density at radius 3 is 2.89 bits per heavy atom. The van der Waals surface area contributed by atoms with Crippen LogP contribution in [0.1, 0.15) is 35.3 Å². The molecule has 6 nitrogen and oxygen atoms in total. The Balaban J connectivity index is 1.67. The summed E-state index contributed by atoms with van der Waals surface area (Å²) < 4.78 is 1.41. The molecule has 0 spiro atoms. The normalized spacial score (nSPS) is 16.1. The molecule has 1 unspecified atom stereocenters. The summed E-state index contributed by atoms with van der Waals surface area (Å²) in [6, 6.07) is 13.1. The number of benzene rings is 2. The van der Waals surface area contributed by atoms with Crippen LogP contribution in [0.25, 0.3) is 11.0 Å². The number of carbonyl (C=O) groups excluding carboxylic acids is 1.